The van der Waals surface area contributed by atoms with Gasteiger partial charge in [0.25, 0.3) is 0 Å². The molecule has 0 aromatic carbocycles. The van der Waals surface area contributed by atoms with Crippen molar-refractivity contribution in [2.45, 2.75) is 26.4 Å². The Morgan fingerprint density at radius 1 is 1.31 bits per heavy atom. The third kappa shape index (κ3) is 3.32. The minimum Gasteiger partial charge on any atom is -0.486 e. The third-order valence-corrected chi connectivity index (χ3v) is 1.43. The molecule has 1 N–H and O–H groups in total. The topological polar surface area (TPSA) is 34.2 Å². The van der Waals surface area contributed by atoms with E-state index in [0.717, 1.165) is 11.4 Å². The zero-order chi connectivity index (χ0) is 9.90. The van der Waals surface area contributed by atoms with Crippen LogP contribution in [0.4, 0.5) is 5.69 Å². The molecule has 0 aliphatic heterocycles. The van der Waals surface area contributed by atoms with Crippen LogP contribution in [0.15, 0.2) is 18.5 Å². The molecule has 1 heterocycles. The zero-order valence-electron chi connectivity index (χ0n) is 8.59. The van der Waals surface area contributed by atoms with Gasteiger partial charge in [-0.2, -0.15) is 0 Å². The molecule has 72 valence electrons. The summed E-state index contributed by atoms with van der Waals surface area (Å²) in [6, 6.07) is 1.93. The average molecular weight is 180 g/mol. The molecule has 0 amide bonds. The van der Waals surface area contributed by atoms with E-state index in [1.54, 1.807) is 12.4 Å². The van der Waals surface area contributed by atoms with E-state index in [4.69, 9.17) is 4.74 Å². The lowest BCUT2D eigenvalue weighted by Gasteiger charge is -2.21. The first kappa shape index (κ1) is 9.84. The van der Waals surface area contributed by atoms with E-state index in [1.165, 1.54) is 0 Å². The summed E-state index contributed by atoms with van der Waals surface area (Å²) in [5, 5.41) is 3.01. The van der Waals surface area contributed by atoms with Crippen LogP contribution in [-0.2, 0) is 0 Å². The molecule has 0 spiro atoms. The maximum absolute atomic E-state index is 5.64. The Morgan fingerprint density at radius 2 is 2.00 bits per heavy atom. The number of nitrogens with zero attached hydrogens (tertiary/aromatic N) is 1. The molecule has 0 unspecified atom stereocenters. The van der Waals surface area contributed by atoms with Crippen LogP contribution in [-0.4, -0.2) is 17.6 Å². The molecule has 0 fully saturated rings. The minimum atomic E-state index is -0.173. The van der Waals surface area contributed by atoms with Gasteiger partial charge < -0.3 is 10.1 Å². The fourth-order valence-electron chi connectivity index (χ4n) is 0.965. The number of nitrogens with one attached hydrogen (secondary N) is 1. The maximum atomic E-state index is 5.64. The van der Waals surface area contributed by atoms with Crippen LogP contribution in [0.25, 0.3) is 0 Å². The molecule has 1 rings (SSSR count). The molecule has 3 nitrogen and oxygen atoms in total. The summed E-state index contributed by atoms with van der Waals surface area (Å²) in [7, 11) is 1.86. The Bertz CT molecular complexity index is 278. The van der Waals surface area contributed by atoms with Gasteiger partial charge in [0.1, 0.15) is 11.4 Å². The van der Waals surface area contributed by atoms with Gasteiger partial charge >= 0.3 is 0 Å². The van der Waals surface area contributed by atoms with Gasteiger partial charge in [-0.25, -0.2) is 0 Å². The van der Waals surface area contributed by atoms with Gasteiger partial charge in [-0.15, -0.1) is 0 Å². The molecule has 0 saturated carbocycles. The Labute approximate surface area is 79.1 Å². The quantitative estimate of drug-likeness (QED) is 0.758. The predicted molar refractivity (Wildman–Crippen MR) is 54.2 cm³/mol. The number of hydrogen-bond acceptors (Lipinski definition) is 3. The SMILES string of the molecule is CNc1cncc(OC(C)(C)C)c1. The van der Waals surface area contributed by atoms with Crippen LogP contribution in [0, 0.1) is 0 Å². The highest BCUT2D eigenvalue weighted by Gasteiger charge is 2.11. The average Bonchev–Trinajstić information content (AvgIpc) is 2.01. The number of anilines is 1. The van der Waals surface area contributed by atoms with Crippen molar-refractivity contribution >= 4 is 5.69 Å². The van der Waals surface area contributed by atoms with Crippen molar-refractivity contribution in [3.63, 3.8) is 0 Å². The van der Waals surface area contributed by atoms with Crippen molar-refractivity contribution in [2.24, 2.45) is 0 Å². The fraction of sp³-hybridized carbons (Fsp3) is 0.500. The summed E-state index contributed by atoms with van der Waals surface area (Å²) >= 11 is 0. The molecule has 0 bridgehead atoms. The first-order chi connectivity index (χ1) is 6.01. The van der Waals surface area contributed by atoms with Gasteiger partial charge in [-0.3, -0.25) is 4.98 Å². The van der Waals surface area contributed by atoms with Crippen LogP contribution < -0.4 is 10.1 Å². The van der Waals surface area contributed by atoms with E-state index >= 15 is 0 Å². The number of aromatic nitrogens is 1. The van der Waals surface area contributed by atoms with E-state index in [1.807, 2.05) is 33.9 Å². The van der Waals surface area contributed by atoms with E-state index < -0.39 is 0 Å². The second-order valence-electron chi connectivity index (χ2n) is 3.87. The van der Waals surface area contributed by atoms with Crippen molar-refractivity contribution in [1.82, 2.24) is 4.98 Å². The summed E-state index contributed by atoms with van der Waals surface area (Å²) in [6.07, 6.45) is 3.47. The Balaban J connectivity index is 2.78. The molecule has 1 aromatic heterocycles. The van der Waals surface area contributed by atoms with Crippen LogP contribution in [0.2, 0.25) is 0 Å². The second-order valence-corrected chi connectivity index (χ2v) is 3.87. The normalized spacial score (nSPS) is 11.1. The highest BCUT2D eigenvalue weighted by atomic mass is 16.5. The largest absolute Gasteiger partial charge is 0.486 e. The Morgan fingerprint density at radius 3 is 2.54 bits per heavy atom. The van der Waals surface area contributed by atoms with E-state index in [9.17, 15) is 0 Å². The smallest absolute Gasteiger partial charge is 0.140 e. The van der Waals surface area contributed by atoms with Crippen LogP contribution >= 0.6 is 0 Å². The molecule has 1 aromatic rings. The minimum absolute atomic E-state index is 0.173. The Kier molecular flexibility index (Phi) is 2.76. The summed E-state index contributed by atoms with van der Waals surface area (Å²) < 4.78 is 5.64. The maximum Gasteiger partial charge on any atom is 0.140 e. The van der Waals surface area contributed by atoms with E-state index in [2.05, 4.69) is 10.3 Å². The number of rotatable bonds is 2. The standard InChI is InChI=1S/C10H16N2O/c1-10(2,3)13-9-5-8(11-4)6-12-7-9/h5-7,11H,1-4H3. The molecule has 3 heteroatoms. The van der Waals surface area contributed by atoms with Crippen molar-refractivity contribution in [1.29, 1.82) is 0 Å². The number of ether oxygens (including phenoxy) is 1. The molecular formula is C10H16N2O. The highest BCUT2D eigenvalue weighted by molar-refractivity contribution is 5.44. The number of hydrogen-bond donors (Lipinski definition) is 1. The molecule has 0 atom stereocenters. The second kappa shape index (κ2) is 3.64. The lowest BCUT2D eigenvalue weighted by Crippen LogP contribution is -2.23. The van der Waals surface area contributed by atoms with Crippen molar-refractivity contribution in [2.75, 3.05) is 12.4 Å². The van der Waals surface area contributed by atoms with Gasteiger partial charge in [0.15, 0.2) is 0 Å². The number of pyridine rings is 1. The van der Waals surface area contributed by atoms with Crippen LogP contribution in [0.1, 0.15) is 20.8 Å². The molecule has 0 saturated heterocycles. The lowest BCUT2D eigenvalue weighted by molar-refractivity contribution is 0.130. The Hall–Kier alpha value is -1.25. The summed E-state index contributed by atoms with van der Waals surface area (Å²) in [5.74, 6) is 0.791. The van der Waals surface area contributed by atoms with Gasteiger partial charge in [0, 0.05) is 13.1 Å². The lowest BCUT2D eigenvalue weighted by atomic mass is 10.2. The first-order valence-electron chi connectivity index (χ1n) is 4.33. The van der Waals surface area contributed by atoms with Crippen molar-refractivity contribution in [3.8, 4) is 5.75 Å². The molecule has 0 aliphatic rings. The van der Waals surface area contributed by atoms with Gasteiger partial charge in [0.05, 0.1) is 18.1 Å². The zero-order valence-corrected chi connectivity index (χ0v) is 8.59. The predicted octanol–water partition coefficient (Wildman–Crippen LogP) is 2.30. The molecule has 0 radical (unpaired) electrons. The van der Waals surface area contributed by atoms with Gasteiger partial charge in [-0.05, 0) is 20.8 Å². The highest BCUT2D eigenvalue weighted by Crippen LogP contribution is 2.19. The molecule has 13 heavy (non-hydrogen) atoms. The van der Waals surface area contributed by atoms with Gasteiger partial charge in [0.2, 0.25) is 0 Å². The van der Waals surface area contributed by atoms with Crippen LogP contribution in [0.5, 0.6) is 5.75 Å². The summed E-state index contributed by atoms with van der Waals surface area (Å²) in [6.45, 7) is 6.04. The first-order valence-corrected chi connectivity index (χ1v) is 4.33. The molecular weight excluding hydrogens is 164 g/mol. The molecule has 0 aliphatic carbocycles. The van der Waals surface area contributed by atoms with Crippen molar-refractivity contribution in [3.05, 3.63) is 18.5 Å². The van der Waals surface area contributed by atoms with Crippen molar-refractivity contribution < 1.29 is 4.74 Å². The fourth-order valence-corrected chi connectivity index (χ4v) is 0.965. The van der Waals surface area contributed by atoms with E-state index in [0.29, 0.717) is 0 Å². The monoisotopic (exact) mass is 180 g/mol. The summed E-state index contributed by atoms with van der Waals surface area (Å²) in [4.78, 5) is 4.05. The third-order valence-electron chi connectivity index (χ3n) is 1.43. The van der Waals surface area contributed by atoms with Gasteiger partial charge in [-0.1, -0.05) is 0 Å². The van der Waals surface area contributed by atoms with E-state index in [-0.39, 0.29) is 5.60 Å². The summed E-state index contributed by atoms with van der Waals surface area (Å²) in [5.41, 5.74) is 0.787. The van der Waals surface area contributed by atoms with Crippen LogP contribution in [0.3, 0.4) is 0 Å².